The zero-order valence-electron chi connectivity index (χ0n) is 16.8. The van der Waals surface area contributed by atoms with E-state index in [0.717, 1.165) is 57.3 Å². The van der Waals surface area contributed by atoms with Gasteiger partial charge in [0, 0.05) is 32.0 Å². The van der Waals surface area contributed by atoms with Gasteiger partial charge in [-0.15, -0.1) is 0 Å². The standard InChI is InChI=1S/C21H32N4O3/c1-2-25-18(22-23-19(25)27)16-4-3-5-24(12-16)17(26)11-20-7-14-6-15(8-20)10-21(28,9-14)13-20/h14-16,28H,2-13H2,1H3,(H,23,27). The van der Waals surface area contributed by atoms with Gasteiger partial charge in [0.15, 0.2) is 0 Å². The lowest BCUT2D eigenvalue weighted by Gasteiger charge is -2.60. The number of amides is 1. The Bertz CT molecular complexity index is 814. The van der Waals surface area contributed by atoms with Crippen LogP contribution in [0.4, 0.5) is 0 Å². The third-order valence-corrected chi connectivity index (χ3v) is 7.92. The molecule has 4 aliphatic carbocycles. The summed E-state index contributed by atoms with van der Waals surface area (Å²) in [5.41, 5.74) is -0.662. The van der Waals surface area contributed by atoms with E-state index in [9.17, 15) is 14.7 Å². The Balaban J connectivity index is 1.30. The number of hydrogen-bond acceptors (Lipinski definition) is 4. The first-order valence-corrected chi connectivity index (χ1v) is 11.0. The molecule has 3 unspecified atom stereocenters. The topological polar surface area (TPSA) is 91.2 Å². The van der Waals surface area contributed by atoms with E-state index < -0.39 is 5.60 Å². The molecule has 5 fully saturated rings. The summed E-state index contributed by atoms with van der Waals surface area (Å²) in [5.74, 6) is 2.36. The van der Waals surface area contributed by atoms with Crippen LogP contribution in [-0.2, 0) is 11.3 Å². The van der Waals surface area contributed by atoms with Crippen molar-refractivity contribution in [3.8, 4) is 0 Å². The summed E-state index contributed by atoms with van der Waals surface area (Å²) in [6.45, 7) is 3.99. The number of rotatable bonds is 4. The van der Waals surface area contributed by atoms with E-state index >= 15 is 0 Å². The van der Waals surface area contributed by atoms with Gasteiger partial charge < -0.3 is 10.0 Å². The van der Waals surface area contributed by atoms with E-state index in [1.807, 2.05) is 11.8 Å². The van der Waals surface area contributed by atoms with Crippen molar-refractivity contribution in [1.29, 1.82) is 0 Å². The maximum atomic E-state index is 13.3. The summed E-state index contributed by atoms with van der Waals surface area (Å²) >= 11 is 0. The van der Waals surface area contributed by atoms with Crippen molar-refractivity contribution in [1.82, 2.24) is 19.7 Å². The molecular weight excluding hydrogens is 356 g/mol. The molecule has 6 rings (SSSR count). The number of nitrogens with zero attached hydrogens (tertiary/aromatic N) is 3. The maximum Gasteiger partial charge on any atom is 0.343 e. The van der Waals surface area contributed by atoms with Crippen LogP contribution in [0, 0.1) is 17.3 Å². The fourth-order valence-electron chi connectivity index (χ4n) is 7.40. The molecule has 0 radical (unpaired) electrons. The molecule has 2 N–H and O–H groups in total. The minimum atomic E-state index is -0.513. The smallest absolute Gasteiger partial charge is 0.343 e. The van der Waals surface area contributed by atoms with Crippen LogP contribution in [-0.4, -0.2) is 49.4 Å². The summed E-state index contributed by atoms with van der Waals surface area (Å²) in [4.78, 5) is 27.2. The number of aliphatic hydroxyl groups is 1. The van der Waals surface area contributed by atoms with Crippen LogP contribution in [0.25, 0.3) is 0 Å². The number of aromatic amines is 1. The molecule has 154 valence electrons. The zero-order chi connectivity index (χ0) is 19.5. The predicted octanol–water partition coefficient (Wildman–Crippen LogP) is 2.02. The minimum absolute atomic E-state index is 0.0146. The Morgan fingerprint density at radius 1 is 1.29 bits per heavy atom. The highest BCUT2D eigenvalue weighted by Gasteiger charge is 2.57. The largest absolute Gasteiger partial charge is 0.390 e. The maximum absolute atomic E-state index is 13.3. The molecule has 7 heteroatoms. The average Bonchev–Trinajstić information content (AvgIpc) is 3.00. The van der Waals surface area contributed by atoms with Gasteiger partial charge in [-0.05, 0) is 75.5 Å². The lowest BCUT2D eigenvalue weighted by atomic mass is 9.47. The van der Waals surface area contributed by atoms with Crippen molar-refractivity contribution in [2.24, 2.45) is 17.3 Å². The monoisotopic (exact) mass is 388 g/mol. The second kappa shape index (κ2) is 6.44. The summed E-state index contributed by atoms with van der Waals surface area (Å²) in [5, 5.41) is 17.8. The number of carbonyl (C=O) groups is 1. The normalized spacial score (nSPS) is 39.5. The first-order chi connectivity index (χ1) is 13.4. The molecule has 1 amide bonds. The molecule has 1 saturated heterocycles. The number of likely N-dealkylation sites (tertiary alicyclic amines) is 1. The first-order valence-electron chi connectivity index (χ1n) is 11.0. The van der Waals surface area contributed by atoms with Gasteiger partial charge in [0.1, 0.15) is 5.82 Å². The Morgan fingerprint density at radius 3 is 2.71 bits per heavy atom. The molecule has 4 bridgehead atoms. The van der Waals surface area contributed by atoms with Crippen LogP contribution in [0.1, 0.15) is 76.5 Å². The Kier molecular flexibility index (Phi) is 4.23. The third-order valence-electron chi connectivity index (χ3n) is 7.92. The van der Waals surface area contributed by atoms with E-state index in [1.165, 1.54) is 6.42 Å². The van der Waals surface area contributed by atoms with E-state index in [4.69, 9.17) is 0 Å². The molecule has 4 saturated carbocycles. The number of aromatic nitrogens is 3. The van der Waals surface area contributed by atoms with Gasteiger partial charge >= 0.3 is 5.69 Å². The quantitative estimate of drug-likeness (QED) is 0.826. The van der Waals surface area contributed by atoms with Crippen molar-refractivity contribution in [2.75, 3.05) is 13.1 Å². The SMILES string of the molecule is CCn1c(C2CCCN(C(=O)CC34CC5CC(CC(O)(C5)C3)C4)C2)n[nH]c1=O. The summed E-state index contributed by atoms with van der Waals surface area (Å²) in [7, 11) is 0. The molecule has 28 heavy (non-hydrogen) atoms. The van der Waals surface area contributed by atoms with Crippen molar-refractivity contribution in [3.05, 3.63) is 16.3 Å². The molecule has 1 aliphatic heterocycles. The van der Waals surface area contributed by atoms with Gasteiger partial charge in [0.05, 0.1) is 5.60 Å². The molecular formula is C21H32N4O3. The van der Waals surface area contributed by atoms with Gasteiger partial charge in [-0.1, -0.05) is 0 Å². The fourth-order valence-corrected chi connectivity index (χ4v) is 7.40. The van der Waals surface area contributed by atoms with Gasteiger partial charge in [-0.3, -0.25) is 9.36 Å². The highest BCUT2D eigenvalue weighted by Crippen LogP contribution is 2.62. The van der Waals surface area contributed by atoms with Crippen LogP contribution in [0.5, 0.6) is 0 Å². The molecule has 3 atom stereocenters. The van der Waals surface area contributed by atoms with E-state index in [-0.39, 0.29) is 22.9 Å². The Labute approximate surface area is 165 Å². The zero-order valence-corrected chi connectivity index (χ0v) is 16.8. The van der Waals surface area contributed by atoms with Crippen molar-refractivity contribution < 1.29 is 9.90 Å². The number of H-pyrrole nitrogens is 1. The Morgan fingerprint density at radius 2 is 2.04 bits per heavy atom. The molecule has 7 nitrogen and oxygen atoms in total. The second-order valence-electron chi connectivity index (χ2n) is 10.2. The van der Waals surface area contributed by atoms with E-state index in [2.05, 4.69) is 10.2 Å². The molecule has 0 aromatic carbocycles. The molecule has 2 heterocycles. The van der Waals surface area contributed by atoms with Gasteiger partial charge in [-0.25, -0.2) is 9.89 Å². The highest BCUT2D eigenvalue weighted by atomic mass is 16.3. The lowest BCUT2D eigenvalue weighted by molar-refractivity contribution is -0.172. The predicted molar refractivity (Wildman–Crippen MR) is 104 cm³/mol. The molecule has 0 spiro atoms. The summed E-state index contributed by atoms with van der Waals surface area (Å²) < 4.78 is 1.69. The number of hydrogen-bond donors (Lipinski definition) is 2. The highest BCUT2D eigenvalue weighted by molar-refractivity contribution is 5.77. The van der Waals surface area contributed by atoms with Crippen LogP contribution >= 0.6 is 0 Å². The number of piperidine rings is 1. The molecule has 1 aromatic rings. The molecule has 5 aliphatic rings. The van der Waals surface area contributed by atoms with Gasteiger partial charge in [-0.2, -0.15) is 5.10 Å². The fraction of sp³-hybridized carbons (Fsp3) is 0.857. The van der Waals surface area contributed by atoms with Crippen molar-refractivity contribution in [3.63, 3.8) is 0 Å². The summed E-state index contributed by atoms with van der Waals surface area (Å²) in [6.07, 6.45) is 8.66. The summed E-state index contributed by atoms with van der Waals surface area (Å²) in [6, 6.07) is 0. The van der Waals surface area contributed by atoms with Crippen LogP contribution in [0.3, 0.4) is 0 Å². The van der Waals surface area contributed by atoms with Gasteiger partial charge in [0.2, 0.25) is 5.91 Å². The van der Waals surface area contributed by atoms with Gasteiger partial charge in [0.25, 0.3) is 0 Å². The first kappa shape index (κ1) is 18.4. The van der Waals surface area contributed by atoms with Crippen LogP contribution in [0.2, 0.25) is 0 Å². The van der Waals surface area contributed by atoms with Crippen LogP contribution < -0.4 is 5.69 Å². The number of nitrogens with one attached hydrogen (secondary N) is 1. The van der Waals surface area contributed by atoms with E-state index in [0.29, 0.717) is 31.3 Å². The third kappa shape index (κ3) is 3.02. The molecule has 1 aromatic heterocycles. The van der Waals surface area contributed by atoms with E-state index in [1.54, 1.807) is 4.57 Å². The van der Waals surface area contributed by atoms with Crippen molar-refractivity contribution >= 4 is 5.91 Å². The minimum Gasteiger partial charge on any atom is -0.390 e. The Hall–Kier alpha value is -1.63. The average molecular weight is 389 g/mol. The van der Waals surface area contributed by atoms with Crippen molar-refractivity contribution in [2.45, 2.75) is 82.8 Å². The lowest BCUT2D eigenvalue weighted by Crippen LogP contribution is -2.57. The van der Waals surface area contributed by atoms with Crippen LogP contribution in [0.15, 0.2) is 4.79 Å². The second-order valence-corrected chi connectivity index (χ2v) is 10.2. The number of carbonyl (C=O) groups excluding carboxylic acids is 1.